The first-order valence-electron chi connectivity index (χ1n) is 1.51. The third-order valence-electron chi connectivity index (χ3n) is 0. The molecule has 0 aliphatic rings. The van der Waals surface area contributed by atoms with Crippen molar-refractivity contribution in [2.75, 3.05) is 0 Å². The fraction of sp³-hybridized carbons (Fsp3) is 0. The standard InChI is InChI=1S/Cu.Li.H3O4P.3H2O.O.Sb/c;;1-5(2,3)4;;;;;/h;;(H3,1,2,3,4);3*1H2;;/q+2;+1;;;;;;+3/p-6. The maximum atomic E-state index is 8.97. The molecule has 0 aromatic rings. The average Bonchev–Trinajstić information content (AvgIpc) is 1.12. The molecule has 0 bridgehead atoms. The van der Waals surface area contributed by atoms with Crippen molar-refractivity contribution in [3.8, 4) is 0 Å². The summed E-state index contributed by atoms with van der Waals surface area (Å²) >= 11 is -5.35. The van der Waals surface area contributed by atoms with Crippen LogP contribution in [0.5, 0.6) is 0 Å². The zero-order valence-electron chi connectivity index (χ0n) is 5.58. The topological polar surface area (TPSA) is 164 Å². The van der Waals surface area contributed by atoms with Crippen molar-refractivity contribution < 1.29 is 68.3 Å². The van der Waals surface area contributed by atoms with Crippen molar-refractivity contribution in [1.29, 1.82) is 0 Å². The van der Waals surface area contributed by atoms with Gasteiger partial charge in [0.1, 0.15) is 0 Å². The Hall–Kier alpha value is 1.73. The molecule has 3 N–H and O–H groups in total. The van der Waals surface area contributed by atoms with Gasteiger partial charge in [0.25, 0.3) is 0 Å². The fourth-order valence-corrected chi connectivity index (χ4v) is 0. The van der Waals surface area contributed by atoms with Crippen molar-refractivity contribution in [3.63, 3.8) is 0 Å². The first-order chi connectivity index (χ1) is 4.00. The molecule has 0 saturated carbocycles. The van der Waals surface area contributed by atoms with Gasteiger partial charge in [0.05, 0.1) is 0 Å². The van der Waals surface area contributed by atoms with Gasteiger partial charge in [-0.1, -0.05) is 0 Å². The molecule has 12 heavy (non-hydrogen) atoms. The van der Waals surface area contributed by atoms with Crippen LogP contribution in [0.4, 0.5) is 0 Å². The third kappa shape index (κ3) is 453. The van der Waals surface area contributed by atoms with Crippen molar-refractivity contribution in [3.05, 3.63) is 0 Å². The number of hydrogen-bond donors (Lipinski definition) is 3. The van der Waals surface area contributed by atoms with E-state index in [1.807, 2.05) is 0 Å². The van der Waals surface area contributed by atoms with Gasteiger partial charge in [0.15, 0.2) is 0 Å². The molecule has 0 fully saturated rings. The summed E-state index contributed by atoms with van der Waals surface area (Å²) in [7, 11) is -5.39. The van der Waals surface area contributed by atoms with Crippen LogP contribution in [-0.2, 0) is 24.7 Å². The van der Waals surface area contributed by atoms with Gasteiger partial charge >= 0.3 is 69.2 Å². The second-order valence-electron chi connectivity index (χ2n) is 0.960. The maximum absolute atomic E-state index is 8.97. The van der Waals surface area contributed by atoms with E-state index in [1.165, 1.54) is 0 Å². The van der Waals surface area contributed by atoms with E-state index in [-0.39, 0.29) is 35.9 Å². The van der Waals surface area contributed by atoms with E-state index >= 15 is 0 Å². The molecule has 8 nitrogen and oxygen atoms in total. The summed E-state index contributed by atoms with van der Waals surface area (Å²) in [6.07, 6.45) is 0. The molecule has 0 spiro atoms. The van der Waals surface area contributed by atoms with E-state index in [0.717, 1.165) is 0 Å². The van der Waals surface area contributed by atoms with E-state index < -0.39 is 27.9 Å². The van der Waals surface area contributed by atoms with Gasteiger partial charge in [-0.2, -0.15) is 7.82 Å². The number of phosphoric acid groups is 1. The van der Waals surface area contributed by atoms with Gasteiger partial charge in [0, 0.05) is 0 Å². The van der Waals surface area contributed by atoms with Crippen LogP contribution in [0, 0.1) is 0 Å². The molecule has 0 heterocycles. The summed E-state index contributed by atoms with van der Waals surface area (Å²) < 4.78 is 39.3. The van der Waals surface area contributed by atoms with Crippen LogP contribution in [0.15, 0.2) is 0 Å². The Morgan fingerprint density at radius 1 is 1.08 bits per heavy atom. The summed E-state index contributed by atoms with van der Waals surface area (Å²) in [5.74, 6) is 0. The molecule has 0 saturated heterocycles. The summed E-state index contributed by atoms with van der Waals surface area (Å²) in [4.78, 5) is 25.6. The second-order valence-corrected chi connectivity index (χ2v) is 4.78. The van der Waals surface area contributed by atoms with Crippen LogP contribution in [-0.4, -0.2) is 30.2 Å². The monoisotopic (exact) mass is 353 g/mol. The van der Waals surface area contributed by atoms with Crippen molar-refractivity contribution in [2.24, 2.45) is 0 Å². The number of rotatable bonds is 0. The summed E-state index contributed by atoms with van der Waals surface area (Å²) in [5.41, 5.74) is 0. The Bertz CT molecular complexity index is 131. The minimum atomic E-state index is -5.39. The van der Waals surface area contributed by atoms with Gasteiger partial charge in [-0.25, -0.2) is 0 Å². The molecule has 0 aliphatic carbocycles. The van der Waals surface area contributed by atoms with Crippen LogP contribution in [0.1, 0.15) is 0 Å². The third-order valence-corrected chi connectivity index (χ3v) is 0. The van der Waals surface area contributed by atoms with E-state index in [1.54, 1.807) is 0 Å². The van der Waals surface area contributed by atoms with Gasteiger partial charge in [0.2, 0.25) is 0 Å². The predicted octanol–water partition coefficient (Wildman–Crippen LogP) is -7.99. The van der Waals surface area contributed by atoms with Gasteiger partial charge in [-0.15, -0.1) is 0 Å². The van der Waals surface area contributed by atoms with Gasteiger partial charge < -0.3 is 19.2 Å². The summed E-state index contributed by atoms with van der Waals surface area (Å²) in [5, 5.41) is 0. The Labute approximate surface area is 95.6 Å². The van der Waals surface area contributed by atoms with E-state index in [4.69, 9.17) is 32.4 Å². The van der Waals surface area contributed by atoms with E-state index in [0.29, 0.717) is 0 Å². The Morgan fingerprint density at radius 2 is 1.08 bits per heavy atom. The van der Waals surface area contributed by atoms with Gasteiger partial charge in [-0.3, -0.25) is 0 Å². The molecule has 0 unspecified atom stereocenters. The number of hydrogen-bond acceptors (Lipinski definition) is 5. The second kappa shape index (κ2) is 9.29. The molecule has 0 atom stereocenters. The van der Waals surface area contributed by atoms with Gasteiger partial charge in [-0.05, 0) is 0 Å². The zero-order chi connectivity index (χ0) is 9.00. The van der Waals surface area contributed by atoms with E-state index in [9.17, 15) is 0 Å². The first kappa shape index (κ1) is 23.5. The van der Waals surface area contributed by atoms with Crippen LogP contribution < -0.4 is 33.5 Å². The molecule has 0 aromatic heterocycles. The Morgan fingerprint density at radius 3 is 1.08 bits per heavy atom. The first-order valence-corrected chi connectivity index (χ1v) is 7.44. The van der Waals surface area contributed by atoms with Crippen LogP contribution in [0.25, 0.3) is 0 Å². The van der Waals surface area contributed by atoms with E-state index in [2.05, 4.69) is 0 Å². The van der Waals surface area contributed by atoms with Crippen molar-refractivity contribution in [1.82, 2.24) is 0 Å². The molecular formula is H3CuLiO8PSb. The van der Waals surface area contributed by atoms with Crippen molar-refractivity contribution >= 4 is 27.9 Å². The Balaban J connectivity index is -0.0000000457. The quantitative estimate of drug-likeness (QED) is 0.285. The SMILES string of the molecule is O=P([O-])([O-])[O-].[Cu+2].[Li+].[O]=[Sb]([OH])([OH])[OH]. The molecule has 1 radical (unpaired) electrons. The van der Waals surface area contributed by atoms with Crippen molar-refractivity contribution in [2.45, 2.75) is 0 Å². The molecular weight excluding hydrogens is 351 g/mol. The van der Waals surface area contributed by atoms with Crippen LogP contribution in [0.3, 0.4) is 0 Å². The fourth-order valence-electron chi connectivity index (χ4n) is 0. The minimum absolute atomic E-state index is 0. The molecule has 0 amide bonds. The molecule has 12 heteroatoms. The summed E-state index contributed by atoms with van der Waals surface area (Å²) in [6.45, 7) is 0. The molecule has 0 aromatic carbocycles. The van der Waals surface area contributed by atoms with Crippen LogP contribution in [0.2, 0.25) is 0 Å². The summed E-state index contributed by atoms with van der Waals surface area (Å²) in [6, 6.07) is 0. The predicted molar refractivity (Wildman–Crippen MR) is 20.7 cm³/mol. The Kier molecular flexibility index (Phi) is 18.2. The zero-order valence-corrected chi connectivity index (χ0v) is 9.97. The molecule has 0 aliphatic heterocycles. The average molecular weight is 354 g/mol. The molecule has 73 valence electrons. The normalized spacial score (nSPS) is 9.83. The molecule has 0 rings (SSSR count). The van der Waals surface area contributed by atoms with Crippen LogP contribution >= 0.6 is 7.82 Å².